The van der Waals surface area contributed by atoms with Crippen molar-refractivity contribution in [2.45, 2.75) is 379 Å². The third kappa shape index (κ3) is 55.1. The number of carbonyl (C=O) groups excluding carboxylic acids is 1. The van der Waals surface area contributed by atoms with Crippen molar-refractivity contribution in [3.63, 3.8) is 0 Å². The minimum atomic E-state index is -1.29. The van der Waals surface area contributed by atoms with E-state index in [2.05, 4.69) is 55.6 Å². The van der Waals surface area contributed by atoms with Crippen LogP contribution in [-0.2, 0) is 4.79 Å². The predicted octanol–water partition coefficient (Wildman–Crippen LogP) is 19.9. The van der Waals surface area contributed by atoms with E-state index in [1.807, 2.05) is 0 Å². The Labute approximate surface area is 456 Å². The fraction of sp³-hybridized carbons (Fsp3) is 0.896. The molecule has 0 spiro atoms. The van der Waals surface area contributed by atoms with E-state index in [9.17, 15) is 25.2 Å². The Morgan fingerprint density at radius 1 is 0.329 bits per heavy atom. The Morgan fingerprint density at radius 3 is 0.863 bits per heavy atom. The summed E-state index contributed by atoms with van der Waals surface area (Å²) in [5, 5.41) is 44.1. The average Bonchev–Trinajstić information content (AvgIpc) is 3.40. The molecule has 0 saturated heterocycles. The minimum absolute atomic E-state index is 0.362. The van der Waals surface area contributed by atoms with E-state index in [-0.39, 0.29) is 0 Å². The van der Waals surface area contributed by atoms with Gasteiger partial charge in [0, 0.05) is 0 Å². The largest absolute Gasteiger partial charge is 0.394 e. The number of amides is 1. The van der Waals surface area contributed by atoms with Gasteiger partial charge in [-0.15, -0.1) is 0 Å². The molecule has 1 amide bonds. The predicted molar refractivity (Wildman–Crippen MR) is 321 cm³/mol. The van der Waals surface area contributed by atoms with Gasteiger partial charge in [-0.1, -0.05) is 326 Å². The van der Waals surface area contributed by atoms with Crippen molar-refractivity contribution in [2.24, 2.45) is 0 Å². The molecule has 0 heterocycles. The van der Waals surface area contributed by atoms with Gasteiger partial charge >= 0.3 is 0 Å². The maximum Gasteiger partial charge on any atom is 0.249 e. The number of nitrogens with one attached hydrogen (secondary N) is 1. The summed E-state index contributed by atoms with van der Waals surface area (Å²) in [6, 6.07) is -1.01. The quantitative estimate of drug-likeness (QED) is 0.0308. The molecule has 0 saturated carbocycles. The maximum atomic E-state index is 12.6. The van der Waals surface area contributed by atoms with Crippen molar-refractivity contribution in [1.82, 2.24) is 5.32 Å². The Balaban J connectivity index is 3.63. The van der Waals surface area contributed by atoms with Crippen molar-refractivity contribution in [2.75, 3.05) is 6.61 Å². The first-order valence-electron chi connectivity index (χ1n) is 32.9. The molecule has 0 aliphatic rings. The van der Waals surface area contributed by atoms with Crippen LogP contribution in [0.5, 0.6) is 0 Å². The summed E-state index contributed by atoms with van der Waals surface area (Å²) in [6.45, 7) is 4.09. The highest BCUT2D eigenvalue weighted by Gasteiger charge is 2.28. The van der Waals surface area contributed by atoms with Crippen molar-refractivity contribution in [3.05, 3.63) is 36.5 Å². The van der Waals surface area contributed by atoms with Crippen molar-refractivity contribution in [1.29, 1.82) is 0 Å². The molecule has 0 aromatic carbocycles. The molecule has 0 bridgehead atoms. The lowest BCUT2D eigenvalue weighted by atomic mass is 10.00. The first-order chi connectivity index (χ1) is 36.0. The summed E-state index contributed by atoms with van der Waals surface area (Å²) < 4.78 is 0. The van der Waals surface area contributed by atoms with E-state index in [1.54, 1.807) is 0 Å². The highest BCUT2D eigenvalue weighted by Crippen LogP contribution is 2.19. The SMILES string of the molecule is CCCCCCCCCCCCCCCCCC/C=C/CC/C=C/CC/C=C/CCCC(O)C(O)C(CO)NC(=O)C(O)CCCCCCCCCCCCCCCCCCCCCCCCCCCCCC. The molecular weight excluding hydrogens is 899 g/mol. The Hall–Kier alpha value is -1.47. The molecule has 0 aromatic heterocycles. The van der Waals surface area contributed by atoms with Gasteiger partial charge in [-0.05, 0) is 64.2 Å². The number of hydrogen-bond acceptors (Lipinski definition) is 5. The maximum absolute atomic E-state index is 12.6. The summed E-state index contributed by atoms with van der Waals surface area (Å²) in [6.07, 6.45) is 78.3. The highest BCUT2D eigenvalue weighted by atomic mass is 16.3. The topological polar surface area (TPSA) is 110 Å². The Bertz CT molecular complexity index is 1150. The first-order valence-corrected chi connectivity index (χ1v) is 32.9. The van der Waals surface area contributed by atoms with Crippen LogP contribution < -0.4 is 5.32 Å². The minimum Gasteiger partial charge on any atom is -0.394 e. The van der Waals surface area contributed by atoms with Crippen LogP contribution in [0.4, 0.5) is 0 Å². The van der Waals surface area contributed by atoms with E-state index in [4.69, 9.17) is 0 Å². The van der Waals surface area contributed by atoms with Crippen LogP contribution in [0.25, 0.3) is 0 Å². The van der Waals surface area contributed by atoms with Gasteiger partial charge in [0.05, 0.1) is 18.8 Å². The van der Waals surface area contributed by atoms with Gasteiger partial charge in [-0.2, -0.15) is 0 Å². The van der Waals surface area contributed by atoms with Crippen molar-refractivity contribution < 1.29 is 25.2 Å². The number of allylic oxidation sites excluding steroid dienone is 6. The normalized spacial score (nSPS) is 13.8. The standard InChI is InChI=1S/C67H129NO5/c1-3-5-7-9-11-13-15-17-19-21-23-25-27-29-31-33-35-36-38-40-42-44-46-48-50-52-54-56-58-60-64(70)66(72)63(62-69)68-67(73)65(71)61-59-57-55-53-51-49-47-45-43-41-39-37-34-32-30-28-26-24-22-20-18-16-14-12-10-8-6-4-2/h36,38,44,46,52,54,63-66,69-72H,3-35,37,39-43,45,47-51,53,55-62H2,1-2H3,(H,68,73)/b38-36+,46-44+,54-52+. The number of hydrogen-bond donors (Lipinski definition) is 5. The van der Waals surface area contributed by atoms with Gasteiger partial charge < -0.3 is 25.7 Å². The molecular formula is C67H129NO5. The molecule has 73 heavy (non-hydrogen) atoms. The monoisotopic (exact) mass is 1030 g/mol. The van der Waals surface area contributed by atoms with Gasteiger partial charge in [0.25, 0.3) is 0 Å². The fourth-order valence-corrected chi connectivity index (χ4v) is 10.4. The Morgan fingerprint density at radius 2 is 0.575 bits per heavy atom. The van der Waals surface area contributed by atoms with Crippen LogP contribution >= 0.6 is 0 Å². The number of rotatable bonds is 61. The second-order valence-electron chi connectivity index (χ2n) is 22.8. The van der Waals surface area contributed by atoms with Crippen LogP contribution in [0, 0.1) is 0 Å². The van der Waals surface area contributed by atoms with Gasteiger partial charge in [0.15, 0.2) is 0 Å². The number of aliphatic hydroxyl groups is 4. The molecule has 0 aliphatic carbocycles. The van der Waals surface area contributed by atoms with Crippen LogP contribution in [0.15, 0.2) is 36.5 Å². The molecule has 0 aliphatic heterocycles. The lowest BCUT2D eigenvalue weighted by Crippen LogP contribution is -2.53. The molecule has 0 rings (SSSR count). The molecule has 432 valence electrons. The molecule has 0 fully saturated rings. The second-order valence-corrected chi connectivity index (χ2v) is 22.8. The molecule has 4 atom stereocenters. The molecule has 4 unspecified atom stereocenters. The van der Waals surface area contributed by atoms with E-state index in [0.29, 0.717) is 19.3 Å². The highest BCUT2D eigenvalue weighted by molar-refractivity contribution is 5.80. The van der Waals surface area contributed by atoms with Crippen LogP contribution in [-0.4, -0.2) is 57.3 Å². The summed E-state index contributed by atoms with van der Waals surface area (Å²) in [5.41, 5.74) is 0. The number of aliphatic hydroxyl groups excluding tert-OH is 4. The fourth-order valence-electron chi connectivity index (χ4n) is 10.4. The lowest BCUT2D eigenvalue weighted by molar-refractivity contribution is -0.132. The van der Waals surface area contributed by atoms with Crippen LogP contribution in [0.3, 0.4) is 0 Å². The third-order valence-electron chi connectivity index (χ3n) is 15.6. The molecule has 6 nitrogen and oxygen atoms in total. The average molecular weight is 1030 g/mol. The zero-order chi connectivity index (χ0) is 53.0. The van der Waals surface area contributed by atoms with Gasteiger partial charge in [-0.3, -0.25) is 4.79 Å². The van der Waals surface area contributed by atoms with E-state index in [1.165, 1.54) is 270 Å². The number of unbranched alkanes of at least 4 members (excludes halogenated alkanes) is 46. The smallest absolute Gasteiger partial charge is 0.249 e. The summed E-state index contributed by atoms with van der Waals surface area (Å²) in [5.74, 6) is -0.593. The van der Waals surface area contributed by atoms with Gasteiger partial charge in [-0.25, -0.2) is 0 Å². The Kier molecular flexibility index (Phi) is 60.1. The third-order valence-corrected chi connectivity index (χ3v) is 15.6. The zero-order valence-electron chi connectivity index (χ0n) is 49.2. The van der Waals surface area contributed by atoms with E-state index in [0.717, 1.165) is 51.4 Å². The lowest BCUT2D eigenvalue weighted by Gasteiger charge is -2.27. The van der Waals surface area contributed by atoms with Gasteiger partial charge in [0.2, 0.25) is 5.91 Å². The summed E-state index contributed by atoms with van der Waals surface area (Å²) >= 11 is 0. The summed E-state index contributed by atoms with van der Waals surface area (Å²) in [4.78, 5) is 12.6. The molecule has 0 radical (unpaired) electrons. The second kappa shape index (κ2) is 61.4. The van der Waals surface area contributed by atoms with Crippen molar-refractivity contribution >= 4 is 5.91 Å². The van der Waals surface area contributed by atoms with E-state index >= 15 is 0 Å². The first kappa shape index (κ1) is 71.5. The van der Waals surface area contributed by atoms with Crippen LogP contribution in [0.2, 0.25) is 0 Å². The van der Waals surface area contributed by atoms with Crippen LogP contribution in [0.1, 0.15) is 354 Å². The molecule has 6 heteroatoms. The number of carbonyl (C=O) groups is 1. The van der Waals surface area contributed by atoms with Crippen molar-refractivity contribution in [3.8, 4) is 0 Å². The zero-order valence-corrected chi connectivity index (χ0v) is 49.2. The molecule has 0 aromatic rings. The van der Waals surface area contributed by atoms with E-state index < -0.39 is 36.9 Å². The summed E-state index contributed by atoms with van der Waals surface area (Å²) in [7, 11) is 0. The van der Waals surface area contributed by atoms with Gasteiger partial charge in [0.1, 0.15) is 12.2 Å². The molecule has 5 N–H and O–H groups in total.